The maximum Gasteiger partial charge on any atom is 0.118 e. The van der Waals surface area contributed by atoms with Gasteiger partial charge in [-0.15, -0.1) is 0 Å². The summed E-state index contributed by atoms with van der Waals surface area (Å²) in [6.45, 7) is 13.5. The maximum atomic E-state index is 9.96. The highest BCUT2D eigenvalue weighted by Gasteiger charge is 2.13. The molecular formula is C18H30O. The molecule has 0 aliphatic carbocycles. The van der Waals surface area contributed by atoms with E-state index in [1.807, 2.05) is 6.07 Å². The van der Waals surface area contributed by atoms with Gasteiger partial charge in [-0.05, 0) is 53.7 Å². The first-order valence-electron chi connectivity index (χ1n) is 7.38. The number of hydrogen-bond acceptors (Lipinski definition) is 1. The van der Waals surface area contributed by atoms with Gasteiger partial charge in [0.25, 0.3) is 0 Å². The summed E-state index contributed by atoms with van der Waals surface area (Å²) >= 11 is 0. The van der Waals surface area contributed by atoms with Gasteiger partial charge in [0.05, 0.1) is 0 Å². The molecule has 0 atom stereocenters. The summed E-state index contributed by atoms with van der Waals surface area (Å²) in [7, 11) is 0. The van der Waals surface area contributed by atoms with Gasteiger partial charge in [-0.1, -0.05) is 53.7 Å². The molecule has 0 unspecified atom stereocenters. The second-order valence-electron chi connectivity index (χ2n) is 8.08. The fourth-order valence-electron chi connectivity index (χ4n) is 2.02. The molecular weight excluding hydrogens is 232 g/mol. The lowest BCUT2D eigenvalue weighted by atomic mass is 9.86. The Morgan fingerprint density at radius 2 is 1.37 bits per heavy atom. The van der Waals surface area contributed by atoms with Crippen molar-refractivity contribution < 1.29 is 5.11 Å². The minimum Gasteiger partial charge on any atom is -0.508 e. The molecule has 1 aromatic carbocycles. The van der Waals surface area contributed by atoms with Crippen LogP contribution in [0, 0.1) is 10.8 Å². The van der Waals surface area contributed by atoms with Crippen molar-refractivity contribution in [2.75, 3.05) is 0 Å². The summed E-state index contributed by atoms with van der Waals surface area (Å²) in [4.78, 5) is 0. The average Bonchev–Trinajstić information content (AvgIpc) is 2.24. The molecule has 0 saturated heterocycles. The zero-order valence-electron chi connectivity index (χ0n) is 13.5. The normalized spacial score (nSPS) is 12.7. The second-order valence-corrected chi connectivity index (χ2v) is 8.08. The Hall–Kier alpha value is -0.980. The molecule has 108 valence electrons. The van der Waals surface area contributed by atoms with E-state index in [1.165, 1.54) is 12.0 Å². The molecule has 1 aromatic rings. The van der Waals surface area contributed by atoms with Crippen molar-refractivity contribution in [2.24, 2.45) is 10.8 Å². The van der Waals surface area contributed by atoms with Gasteiger partial charge < -0.3 is 5.11 Å². The number of rotatable bonds is 4. The van der Waals surface area contributed by atoms with Crippen LogP contribution >= 0.6 is 0 Å². The fourth-order valence-corrected chi connectivity index (χ4v) is 2.02. The summed E-state index contributed by atoms with van der Waals surface area (Å²) < 4.78 is 0. The third-order valence-electron chi connectivity index (χ3n) is 3.45. The van der Waals surface area contributed by atoms with Gasteiger partial charge in [0.2, 0.25) is 0 Å². The third kappa shape index (κ3) is 6.66. The minimum absolute atomic E-state index is 0.313. The summed E-state index contributed by atoms with van der Waals surface area (Å²) in [6, 6.07) is 6.10. The fraction of sp³-hybridized carbons (Fsp3) is 0.667. The van der Waals surface area contributed by atoms with Crippen molar-refractivity contribution in [2.45, 2.75) is 67.2 Å². The number of hydrogen-bond donors (Lipinski definition) is 1. The van der Waals surface area contributed by atoms with Gasteiger partial charge in [-0.2, -0.15) is 0 Å². The van der Waals surface area contributed by atoms with Gasteiger partial charge in [-0.25, -0.2) is 0 Å². The molecule has 0 spiro atoms. The molecule has 0 heterocycles. The first kappa shape index (κ1) is 16.1. The predicted octanol–water partition coefficient (Wildman–Crippen LogP) is 5.35. The van der Waals surface area contributed by atoms with Crippen LogP contribution in [0.2, 0.25) is 0 Å². The van der Waals surface area contributed by atoms with Crippen LogP contribution in [0.3, 0.4) is 0 Å². The van der Waals surface area contributed by atoms with Gasteiger partial charge in [0, 0.05) is 0 Å². The Labute approximate surface area is 119 Å². The third-order valence-corrected chi connectivity index (χ3v) is 3.45. The SMILES string of the molecule is CC(C)(C)CCc1ccc(O)c(CCC(C)(C)C)c1. The molecule has 1 heteroatoms. The van der Waals surface area contributed by atoms with Gasteiger partial charge in [0.1, 0.15) is 5.75 Å². The minimum atomic E-state index is 0.313. The number of benzene rings is 1. The highest BCUT2D eigenvalue weighted by Crippen LogP contribution is 2.28. The van der Waals surface area contributed by atoms with Crippen molar-refractivity contribution in [3.63, 3.8) is 0 Å². The van der Waals surface area contributed by atoms with E-state index < -0.39 is 0 Å². The molecule has 0 aliphatic heterocycles. The van der Waals surface area contributed by atoms with Crippen LogP contribution in [-0.2, 0) is 12.8 Å². The van der Waals surface area contributed by atoms with Crippen LogP contribution < -0.4 is 0 Å². The first-order chi connectivity index (χ1) is 8.57. The Kier molecular flexibility index (Phi) is 5.06. The molecule has 0 amide bonds. The molecule has 0 saturated carbocycles. The zero-order chi connectivity index (χ0) is 14.7. The van der Waals surface area contributed by atoms with Gasteiger partial charge >= 0.3 is 0 Å². The smallest absolute Gasteiger partial charge is 0.118 e. The molecule has 0 aliphatic rings. The number of aryl methyl sites for hydroxylation is 2. The first-order valence-corrected chi connectivity index (χ1v) is 7.38. The van der Waals surface area contributed by atoms with E-state index in [9.17, 15) is 5.11 Å². The topological polar surface area (TPSA) is 20.2 Å². The van der Waals surface area contributed by atoms with Crippen LogP contribution in [0.15, 0.2) is 18.2 Å². The Bertz CT molecular complexity index is 405. The Morgan fingerprint density at radius 1 is 0.842 bits per heavy atom. The number of aromatic hydroxyl groups is 1. The molecule has 1 N–H and O–H groups in total. The highest BCUT2D eigenvalue weighted by molar-refractivity contribution is 5.36. The summed E-state index contributed by atoms with van der Waals surface area (Å²) in [5, 5.41) is 9.96. The summed E-state index contributed by atoms with van der Waals surface area (Å²) in [5.74, 6) is 0.448. The quantitative estimate of drug-likeness (QED) is 0.775. The van der Waals surface area contributed by atoms with E-state index in [2.05, 4.69) is 53.7 Å². The lowest BCUT2D eigenvalue weighted by Crippen LogP contribution is -2.08. The van der Waals surface area contributed by atoms with Crippen molar-refractivity contribution in [1.29, 1.82) is 0 Å². The predicted molar refractivity (Wildman–Crippen MR) is 83.7 cm³/mol. The number of phenols is 1. The van der Waals surface area contributed by atoms with Gasteiger partial charge in [-0.3, -0.25) is 0 Å². The van der Waals surface area contributed by atoms with Crippen molar-refractivity contribution in [3.8, 4) is 5.75 Å². The van der Waals surface area contributed by atoms with Crippen LogP contribution in [0.1, 0.15) is 65.5 Å². The second kappa shape index (κ2) is 5.98. The lowest BCUT2D eigenvalue weighted by molar-refractivity contribution is 0.372. The van der Waals surface area contributed by atoms with Crippen LogP contribution in [0.4, 0.5) is 0 Å². The Morgan fingerprint density at radius 3 is 1.89 bits per heavy atom. The van der Waals surface area contributed by atoms with E-state index in [1.54, 1.807) is 0 Å². The molecule has 19 heavy (non-hydrogen) atoms. The van der Waals surface area contributed by atoms with Crippen LogP contribution in [-0.4, -0.2) is 5.11 Å². The molecule has 0 fully saturated rings. The summed E-state index contributed by atoms with van der Waals surface area (Å²) in [5.41, 5.74) is 3.12. The lowest BCUT2D eigenvalue weighted by Gasteiger charge is -2.20. The van der Waals surface area contributed by atoms with E-state index in [-0.39, 0.29) is 0 Å². The standard InChI is InChI=1S/C18H30O/c1-17(2,3)11-9-14-7-8-16(19)15(13-14)10-12-18(4,5)6/h7-8,13,19H,9-12H2,1-6H3. The largest absolute Gasteiger partial charge is 0.508 e. The van der Waals surface area contributed by atoms with E-state index >= 15 is 0 Å². The van der Waals surface area contributed by atoms with Crippen molar-refractivity contribution in [1.82, 2.24) is 0 Å². The molecule has 1 nitrogen and oxygen atoms in total. The highest BCUT2D eigenvalue weighted by atomic mass is 16.3. The average molecular weight is 262 g/mol. The van der Waals surface area contributed by atoms with E-state index in [4.69, 9.17) is 0 Å². The van der Waals surface area contributed by atoms with E-state index in [0.29, 0.717) is 16.6 Å². The molecule has 0 aromatic heterocycles. The summed E-state index contributed by atoms with van der Waals surface area (Å²) in [6.07, 6.45) is 4.32. The molecule has 1 rings (SSSR count). The van der Waals surface area contributed by atoms with Crippen molar-refractivity contribution >= 4 is 0 Å². The Balaban J connectivity index is 2.71. The maximum absolute atomic E-state index is 9.96. The monoisotopic (exact) mass is 262 g/mol. The number of phenolic OH excluding ortho intramolecular Hbond substituents is 1. The van der Waals surface area contributed by atoms with E-state index in [0.717, 1.165) is 24.8 Å². The molecule has 0 bridgehead atoms. The van der Waals surface area contributed by atoms with Crippen LogP contribution in [0.25, 0.3) is 0 Å². The molecule has 0 radical (unpaired) electrons. The van der Waals surface area contributed by atoms with Gasteiger partial charge in [0.15, 0.2) is 0 Å². The van der Waals surface area contributed by atoms with Crippen LogP contribution in [0.5, 0.6) is 5.75 Å². The zero-order valence-corrected chi connectivity index (χ0v) is 13.5. The van der Waals surface area contributed by atoms with Crippen molar-refractivity contribution in [3.05, 3.63) is 29.3 Å².